The van der Waals surface area contributed by atoms with Crippen LogP contribution in [0.1, 0.15) is 40.9 Å². The molecule has 2 fully saturated rings. The summed E-state index contributed by atoms with van der Waals surface area (Å²) in [7, 11) is 0. The topological polar surface area (TPSA) is 81.6 Å². The standard InChI is InChI=1S/C16H19N3O4/c1-10-3-4-12(22-10)14(20)19-7-5-13-16(9-19,6-8-21-13)15-18-17-11(2)23-15/h3-4,13H,5-9H2,1-2H3/t13-,16-/m0/s1. The van der Waals surface area contributed by atoms with Crippen LogP contribution in [0.25, 0.3) is 0 Å². The molecule has 23 heavy (non-hydrogen) atoms. The number of ether oxygens (including phenoxy) is 1. The average molecular weight is 317 g/mol. The second-order valence-corrected chi connectivity index (χ2v) is 6.32. The number of furan rings is 1. The van der Waals surface area contributed by atoms with E-state index in [4.69, 9.17) is 13.6 Å². The first-order valence-corrected chi connectivity index (χ1v) is 7.86. The summed E-state index contributed by atoms with van der Waals surface area (Å²) < 4.78 is 17.1. The van der Waals surface area contributed by atoms with Crippen molar-refractivity contribution in [2.75, 3.05) is 19.7 Å². The molecular weight excluding hydrogens is 298 g/mol. The first-order valence-electron chi connectivity index (χ1n) is 7.86. The molecule has 4 rings (SSSR count). The summed E-state index contributed by atoms with van der Waals surface area (Å²) in [6.45, 7) is 5.40. The molecule has 2 aliphatic heterocycles. The highest BCUT2D eigenvalue weighted by molar-refractivity contribution is 5.91. The molecule has 0 spiro atoms. The predicted octanol–water partition coefficient (Wildman–Crippen LogP) is 1.85. The van der Waals surface area contributed by atoms with Crippen LogP contribution >= 0.6 is 0 Å². The predicted molar refractivity (Wildman–Crippen MR) is 79.0 cm³/mol. The Labute approximate surface area is 133 Å². The fraction of sp³-hybridized carbons (Fsp3) is 0.562. The fourth-order valence-electron chi connectivity index (χ4n) is 3.63. The quantitative estimate of drug-likeness (QED) is 0.841. The summed E-state index contributed by atoms with van der Waals surface area (Å²) >= 11 is 0. The molecule has 2 aromatic heterocycles. The number of aromatic nitrogens is 2. The Hall–Kier alpha value is -2.15. The maximum absolute atomic E-state index is 12.7. The normalized spacial score (nSPS) is 27.2. The second-order valence-electron chi connectivity index (χ2n) is 6.32. The molecule has 0 aliphatic carbocycles. The molecule has 0 bridgehead atoms. The largest absolute Gasteiger partial charge is 0.456 e. The van der Waals surface area contributed by atoms with Crippen molar-refractivity contribution in [3.63, 3.8) is 0 Å². The van der Waals surface area contributed by atoms with Crippen LogP contribution in [0.15, 0.2) is 21.0 Å². The van der Waals surface area contributed by atoms with Gasteiger partial charge >= 0.3 is 0 Å². The van der Waals surface area contributed by atoms with Crippen LogP contribution in [0.3, 0.4) is 0 Å². The lowest BCUT2D eigenvalue weighted by atomic mass is 9.76. The highest BCUT2D eigenvalue weighted by Gasteiger charge is 2.53. The summed E-state index contributed by atoms with van der Waals surface area (Å²) in [6.07, 6.45) is 1.55. The Morgan fingerprint density at radius 1 is 1.30 bits per heavy atom. The summed E-state index contributed by atoms with van der Waals surface area (Å²) in [4.78, 5) is 14.5. The van der Waals surface area contributed by atoms with E-state index in [0.29, 0.717) is 37.2 Å². The van der Waals surface area contributed by atoms with Gasteiger partial charge in [0.05, 0.1) is 11.5 Å². The highest BCUT2D eigenvalue weighted by atomic mass is 16.5. The van der Waals surface area contributed by atoms with Crippen molar-refractivity contribution in [3.05, 3.63) is 35.4 Å². The lowest BCUT2D eigenvalue weighted by molar-refractivity contribution is 0.00848. The lowest BCUT2D eigenvalue weighted by Crippen LogP contribution is -2.54. The zero-order chi connectivity index (χ0) is 16.0. The maximum atomic E-state index is 12.7. The summed E-state index contributed by atoms with van der Waals surface area (Å²) in [5.41, 5.74) is -0.406. The van der Waals surface area contributed by atoms with Crippen molar-refractivity contribution in [1.29, 1.82) is 0 Å². The maximum Gasteiger partial charge on any atom is 0.289 e. The zero-order valence-electron chi connectivity index (χ0n) is 13.2. The minimum absolute atomic E-state index is 0.0183. The molecule has 2 saturated heterocycles. The Morgan fingerprint density at radius 3 is 2.87 bits per heavy atom. The van der Waals surface area contributed by atoms with Crippen LogP contribution in [0.4, 0.5) is 0 Å². The molecule has 2 aromatic rings. The zero-order valence-corrected chi connectivity index (χ0v) is 13.2. The molecule has 0 aromatic carbocycles. The third-order valence-corrected chi connectivity index (χ3v) is 4.81. The monoisotopic (exact) mass is 317 g/mol. The Bertz CT molecular complexity index is 737. The van der Waals surface area contributed by atoms with Crippen molar-refractivity contribution >= 4 is 5.91 Å². The van der Waals surface area contributed by atoms with Crippen LogP contribution in [0, 0.1) is 13.8 Å². The molecule has 1 amide bonds. The number of amides is 1. The van der Waals surface area contributed by atoms with Crippen molar-refractivity contribution in [1.82, 2.24) is 15.1 Å². The molecule has 2 aliphatic rings. The molecule has 0 saturated carbocycles. The number of hydrogen-bond acceptors (Lipinski definition) is 6. The number of carbonyl (C=O) groups is 1. The van der Waals surface area contributed by atoms with Gasteiger partial charge in [-0.1, -0.05) is 0 Å². The number of likely N-dealkylation sites (tertiary alicyclic amines) is 1. The fourth-order valence-corrected chi connectivity index (χ4v) is 3.63. The van der Waals surface area contributed by atoms with Crippen LogP contribution in [0.5, 0.6) is 0 Å². The van der Waals surface area contributed by atoms with E-state index in [1.807, 2.05) is 11.8 Å². The Morgan fingerprint density at radius 2 is 2.17 bits per heavy atom. The van der Waals surface area contributed by atoms with E-state index < -0.39 is 5.41 Å². The molecule has 0 N–H and O–H groups in total. The van der Waals surface area contributed by atoms with Crippen LogP contribution in [-0.2, 0) is 10.2 Å². The van der Waals surface area contributed by atoms with Gasteiger partial charge in [0.15, 0.2) is 5.76 Å². The molecule has 4 heterocycles. The number of nitrogens with zero attached hydrogens (tertiary/aromatic N) is 3. The molecule has 0 unspecified atom stereocenters. The van der Waals surface area contributed by atoms with Gasteiger partial charge in [0.2, 0.25) is 11.8 Å². The molecule has 2 atom stereocenters. The number of piperidine rings is 1. The smallest absolute Gasteiger partial charge is 0.289 e. The molecule has 7 nitrogen and oxygen atoms in total. The van der Waals surface area contributed by atoms with E-state index in [1.165, 1.54) is 0 Å². The molecular formula is C16H19N3O4. The molecule has 122 valence electrons. The van der Waals surface area contributed by atoms with Crippen LogP contribution in [-0.4, -0.2) is 46.8 Å². The number of carbonyl (C=O) groups excluding carboxylic acids is 1. The summed E-state index contributed by atoms with van der Waals surface area (Å²) in [5, 5.41) is 8.17. The van der Waals surface area contributed by atoms with E-state index in [9.17, 15) is 4.79 Å². The van der Waals surface area contributed by atoms with Gasteiger partial charge in [-0.2, -0.15) is 0 Å². The van der Waals surface area contributed by atoms with E-state index >= 15 is 0 Å². The number of aryl methyl sites for hydroxylation is 2. The minimum atomic E-state index is -0.406. The van der Waals surface area contributed by atoms with E-state index in [-0.39, 0.29) is 12.0 Å². The van der Waals surface area contributed by atoms with Crippen molar-refractivity contribution in [2.45, 2.75) is 38.2 Å². The first kappa shape index (κ1) is 14.4. The second kappa shape index (κ2) is 5.19. The number of rotatable bonds is 2. The number of fused-ring (bicyclic) bond motifs is 1. The summed E-state index contributed by atoms with van der Waals surface area (Å²) in [5.74, 6) is 2.11. The van der Waals surface area contributed by atoms with Crippen molar-refractivity contribution in [3.8, 4) is 0 Å². The van der Waals surface area contributed by atoms with Gasteiger partial charge in [-0.05, 0) is 31.9 Å². The average Bonchev–Trinajstić information content (AvgIpc) is 3.25. The first-order chi connectivity index (χ1) is 11.1. The molecule has 0 radical (unpaired) electrons. The summed E-state index contributed by atoms with van der Waals surface area (Å²) in [6, 6.07) is 3.52. The highest BCUT2D eigenvalue weighted by Crippen LogP contribution is 2.43. The van der Waals surface area contributed by atoms with Crippen molar-refractivity contribution in [2.24, 2.45) is 0 Å². The SMILES string of the molecule is Cc1ccc(C(=O)N2CC[C@@H]3OCC[C@]3(c3nnc(C)o3)C2)o1. The Kier molecular flexibility index (Phi) is 3.26. The minimum Gasteiger partial charge on any atom is -0.456 e. The van der Waals surface area contributed by atoms with Gasteiger partial charge in [-0.25, -0.2) is 0 Å². The van der Waals surface area contributed by atoms with Gasteiger partial charge in [0, 0.05) is 26.6 Å². The van der Waals surface area contributed by atoms with E-state index in [0.717, 1.165) is 18.6 Å². The van der Waals surface area contributed by atoms with Crippen LogP contribution < -0.4 is 0 Å². The third kappa shape index (κ3) is 2.26. The van der Waals surface area contributed by atoms with Gasteiger partial charge in [-0.3, -0.25) is 4.79 Å². The van der Waals surface area contributed by atoms with Gasteiger partial charge < -0.3 is 18.5 Å². The van der Waals surface area contributed by atoms with Crippen LogP contribution in [0.2, 0.25) is 0 Å². The van der Waals surface area contributed by atoms with Gasteiger partial charge in [-0.15, -0.1) is 10.2 Å². The van der Waals surface area contributed by atoms with E-state index in [1.54, 1.807) is 19.1 Å². The van der Waals surface area contributed by atoms with Crippen molar-refractivity contribution < 1.29 is 18.4 Å². The van der Waals surface area contributed by atoms with E-state index in [2.05, 4.69) is 10.2 Å². The number of hydrogen-bond donors (Lipinski definition) is 0. The lowest BCUT2D eigenvalue weighted by Gasteiger charge is -2.41. The third-order valence-electron chi connectivity index (χ3n) is 4.81. The Balaban J connectivity index is 1.64. The molecule has 7 heteroatoms. The van der Waals surface area contributed by atoms with Gasteiger partial charge in [0.1, 0.15) is 5.76 Å². The van der Waals surface area contributed by atoms with Gasteiger partial charge in [0.25, 0.3) is 5.91 Å².